The largest absolute Gasteiger partial charge is 0.481 e. The van der Waals surface area contributed by atoms with E-state index in [2.05, 4.69) is 10.3 Å². The van der Waals surface area contributed by atoms with Crippen LogP contribution in [0.3, 0.4) is 0 Å². The Morgan fingerprint density at radius 3 is 2.48 bits per heavy atom. The fourth-order valence-corrected chi connectivity index (χ4v) is 3.86. The maximum Gasteiger partial charge on any atom is 0.305 e. The number of aliphatic carboxylic acids is 1. The summed E-state index contributed by atoms with van der Waals surface area (Å²) in [6, 6.07) is 14.5. The number of aromatic nitrogens is 2. The molecule has 2 unspecified atom stereocenters. The Kier molecular flexibility index (Phi) is 7.77. The monoisotopic (exact) mass is 447 g/mol. The third kappa shape index (κ3) is 6.16. The number of amides is 1. The molecule has 2 N–H and O–H groups in total. The summed E-state index contributed by atoms with van der Waals surface area (Å²) in [4.78, 5) is 41.8. The Bertz CT molecular complexity index is 1190. The number of carbonyl (C=O) groups excluding carboxylic acids is 1. The third-order valence-electron chi connectivity index (χ3n) is 5.49. The fourth-order valence-electron chi connectivity index (χ4n) is 3.86. The minimum atomic E-state index is -1.04. The highest BCUT2D eigenvalue weighted by Gasteiger charge is 2.27. The Morgan fingerprint density at radius 1 is 1.09 bits per heavy atom. The van der Waals surface area contributed by atoms with Crippen LogP contribution in [0.15, 0.2) is 71.8 Å². The number of nitrogens with one attached hydrogen (secondary N) is 1. The van der Waals surface area contributed by atoms with Crippen LogP contribution in [0.25, 0.3) is 11.3 Å². The standard InChI is InChI=1S/C26H29N3O4/c1-17(2)14-23(29-13-7-6-10-24(29)30)26(33)28-21(16-25(31)32)19-11-12-27-22(15-19)20-9-5-4-8-18(20)3/h4-13,15,17,21,23H,14,16H2,1-3H3,(H,28,33)(H,31,32). The lowest BCUT2D eigenvalue weighted by Gasteiger charge is -2.25. The number of benzene rings is 1. The average molecular weight is 448 g/mol. The first-order valence-electron chi connectivity index (χ1n) is 11.0. The minimum absolute atomic E-state index is 0.152. The van der Waals surface area contributed by atoms with Crippen LogP contribution in [0.1, 0.15) is 49.9 Å². The Hall–Kier alpha value is -3.74. The van der Waals surface area contributed by atoms with Crippen molar-refractivity contribution in [2.75, 3.05) is 0 Å². The topological polar surface area (TPSA) is 101 Å². The highest BCUT2D eigenvalue weighted by molar-refractivity contribution is 5.81. The van der Waals surface area contributed by atoms with Crippen molar-refractivity contribution in [2.45, 2.75) is 45.7 Å². The summed E-state index contributed by atoms with van der Waals surface area (Å²) in [5.74, 6) is -1.27. The number of carboxylic acids is 1. The maximum atomic E-state index is 13.3. The molecule has 7 nitrogen and oxygen atoms in total. The van der Waals surface area contributed by atoms with E-state index >= 15 is 0 Å². The average Bonchev–Trinajstić information content (AvgIpc) is 2.77. The van der Waals surface area contributed by atoms with Crippen LogP contribution >= 0.6 is 0 Å². The number of pyridine rings is 2. The van der Waals surface area contributed by atoms with Gasteiger partial charge in [0.1, 0.15) is 6.04 Å². The molecule has 0 radical (unpaired) electrons. The molecule has 1 aromatic carbocycles. The van der Waals surface area contributed by atoms with Crippen LogP contribution in [0.2, 0.25) is 0 Å². The van der Waals surface area contributed by atoms with Gasteiger partial charge >= 0.3 is 5.97 Å². The second-order valence-corrected chi connectivity index (χ2v) is 8.54. The van der Waals surface area contributed by atoms with E-state index in [1.54, 1.807) is 30.6 Å². The molecule has 7 heteroatoms. The van der Waals surface area contributed by atoms with Crippen LogP contribution < -0.4 is 10.9 Å². The van der Waals surface area contributed by atoms with Crippen molar-refractivity contribution in [1.82, 2.24) is 14.9 Å². The van der Waals surface area contributed by atoms with Gasteiger partial charge in [0.2, 0.25) is 5.91 Å². The van der Waals surface area contributed by atoms with Crippen LogP contribution in [0.5, 0.6) is 0 Å². The zero-order valence-corrected chi connectivity index (χ0v) is 19.1. The van der Waals surface area contributed by atoms with Crippen LogP contribution in [0, 0.1) is 12.8 Å². The third-order valence-corrected chi connectivity index (χ3v) is 5.49. The van der Waals surface area contributed by atoms with Gasteiger partial charge in [0, 0.05) is 24.0 Å². The van der Waals surface area contributed by atoms with Crippen molar-refractivity contribution in [3.63, 3.8) is 0 Å². The normalized spacial score (nSPS) is 12.8. The SMILES string of the molecule is Cc1ccccc1-c1cc(C(CC(=O)O)NC(=O)C(CC(C)C)n2ccccc2=O)ccn1. The molecule has 0 bridgehead atoms. The molecule has 0 saturated heterocycles. The van der Waals surface area contributed by atoms with Gasteiger partial charge in [0.05, 0.1) is 18.2 Å². The number of hydrogen-bond donors (Lipinski definition) is 2. The molecule has 0 aliphatic heterocycles. The quantitative estimate of drug-likeness (QED) is 0.513. The summed E-state index contributed by atoms with van der Waals surface area (Å²) in [7, 11) is 0. The zero-order chi connectivity index (χ0) is 24.0. The van der Waals surface area contributed by atoms with Gasteiger partial charge in [-0.2, -0.15) is 0 Å². The number of hydrogen-bond acceptors (Lipinski definition) is 4. The second kappa shape index (κ2) is 10.7. The van der Waals surface area contributed by atoms with Crippen LogP contribution in [-0.2, 0) is 9.59 Å². The molecular weight excluding hydrogens is 418 g/mol. The number of rotatable bonds is 9. The molecule has 3 rings (SSSR count). The first-order valence-corrected chi connectivity index (χ1v) is 11.0. The summed E-state index contributed by atoms with van der Waals surface area (Å²) in [6.07, 6.45) is 3.36. The smallest absolute Gasteiger partial charge is 0.305 e. The molecule has 0 spiro atoms. The molecule has 2 heterocycles. The second-order valence-electron chi connectivity index (χ2n) is 8.54. The van der Waals surface area contributed by atoms with Crippen molar-refractivity contribution in [1.29, 1.82) is 0 Å². The molecule has 172 valence electrons. The predicted octanol–water partition coefficient (Wildman–Crippen LogP) is 4.14. The number of carbonyl (C=O) groups is 2. The van der Waals surface area contributed by atoms with Gasteiger partial charge in [-0.15, -0.1) is 0 Å². The summed E-state index contributed by atoms with van der Waals surface area (Å²) < 4.78 is 1.40. The predicted molar refractivity (Wildman–Crippen MR) is 127 cm³/mol. The van der Waals surface area contributed by atoms with E-state index in [9.17, 15) is 19.5 Å². The van der Waals surface area contributed by atoms with Gasteiger partial charge in [-0.05, 0) is 48.6 Å². The summed E-state index contributed by atoms with van der Waals surface area (Å²) in [5.41, 5.74) is 3.05. The van der Waals surface area contributed by atoms with E-state index in [0.717, 1.165) is 11.1 Å². The number of nitrogens with zero attached hydrogens (tertiary/aromatic N) is 2. The summed E-state index contributed by atoms with van der Waals surface area (Å²) in [5, 5.41) is 12.4. The molecule has 0 fully saturated rings. The van der Waals surface area contributed by atoms with E-state index in [0.29, 0.717) is 17.7 Å². The van der Waals surface area contributed by atoms with E-state index in [-0.39, 0.29) is 17.9 Å². The molecule has 1 amide bonds. The lowest BCUT2D eigenvalue weighted by atomic mass is 9.98. The Morgan fingerprint density at radius 2 is 1.82 bits per heavy atom. The van der Waals surface area contributed by atoms with Gasteiger partial charge in [-0.25, -0.2) is 0 Å². The van der Waals surface area contributed by atoms with Crippen LogP contribution in [0.4, 0.5) is 0 Å². The van der Waals surface area contributed by atoms with Gasteiger partial charge in [0.25, 0.3) is 5.56 Å². The first-order chi connectivity index (χ1) is 15.8. The van der Waals surface area contributed by atoms with Crippen LogP contribution in [-0.4, -0.2) is 26.5 Å². The maximum absolute atomic E-state index is 13.3. The summed E-state index contributed by atoms with van der Waals surface area (Å²) in [6.45, 7) is 5.93. The van der Waals surface area contributed by atoms with Gasteiger partial charge < -0.3 is 15.0 Å². The van der Waals surface area contributed by atoms with E-state index in [1.165, 1.54) is 10.6 Å². The van der Waals surface area contributed by atoms with Crippen molar-refractivity contribution in [3.05, 3.63) is 88.5 Å². The fraction of sp³-hybridized carbons (Fsp3) is 0.308. The highest BCUT2D eigenvalue weighted by atomic mass is 16.4. The molecular formula is C26H29N3O4. The number of aryl methyl sites for hydroxylation is 1. The highest BCUT2D eigenvalue weighted by Crippen LogP contribution is 2.26. The van der Waals surface area contributed by atoms with Gasteiger partial charge in [-0.3, -0.25) is 19.4 Å². The lowest BCUT2D eigenvalue weighted by molar-refractivity contribution is -0.138. The molecule has 0 aliphatic rings. The van der Waals surface area contributed by atoms with Crippen molar-refractivity contribution >= 4 is 11.9 Å². The minimum Gasteiger partial charge on any atom is -0.481 e. The molecule has 2 aromatic heterocycles. The van der Waals surface area contributed by atoms with Crippen molar-refractivity contribution in [3.8, 4) is 11.3 Å². The summed E-state index contributed by atoms with van der Waals surface area (Å²) >= 11 is 0. The zero-order valence-electron chi connectivity index (χ0n) is 19.1. The van der Waals surface area contributed by atoms with E-state index in [4.69, 9.17) is 0 Å². The Labute approximate surface area is 193 Å². The molecule has 0 aliphatic carbocycles. The Balaban J connectivity index is 1.95. The molecule has 0 saturated carbocycles. The number of carboxylic acid groups (broad SMARTS) is 1. The van der Waals surface area contributed by atoms with Crippen molar-refractivity contribution in [2.24, 2.45) is 5.92 Å². The lowest BCUT2D eigenvalue weighted by Crippen LogP contribution is -2.39. The van der Waals surface area contributed by atoms with E-state index < -0.39 is 24.0 Å². The molecule has 3 aromatic rings. The van der Waals surface area contributed by atoms with Crippen molar-refractivity contribution < 1.29 is 14.7 Å². The first kappa shape index (κ1) is 23.9. The molecule has 33 heavy (non-hydrogen) atoms. The van der Waals surface area contributed by atoms with E-state index in [1.807, 2.05) is 51.1 Å². The van der Waals surface area contributed by atoms with Gasteiger partial charge in [0.15, 0.2) is 0 Å². The molecule has 2 atom stereocenters. The van der Waals surface area contributed by atoms with Gasteiger partial charge in [-0.1, -0.05) is 44.2 Å².